The van der Waals surface area contributed by atoms with Gasteiger partial charge in [0.25, 0.3) is 0 Å². The van der Waals surface area contributed by atoms with Crippen molar-refractivity contribution >= 4 is 32.8 Å². The Kier molecular flexibility index (Phi) is 6.76. The number of sulfone groups is 1. The Balaban J connectivity index is 1.71. The van der Waals surface area contributed by atoms with Crippen LogP contribution < -0.4 is 14.8 Å². The topological polar surface area (TPSA) is 81.7 Å². The zero-order valence-corrected chi connectivity index (χ0v) is 20.5. The molecule has 1 atom stereocenters. The number of thiophene rings is 1. The molecule has 2 aromatic carbocycles. The Bertz CT molecular complexity index is 1260. The molecule has 0 saturated heterocycles. The fraction of sp³-hybridized carbons (Fsp3) is 0.320. The van der Waals surface area contributed by atoms with Crippen LogP contribution in [0.4, 0.5) is 5.69 Å². The van der Waals surface area contributed by atoms with Gasteiger partial charge >= 0.3 is 0 Å². The Morgan fingerprint density at radius 2 is 1.88 bits per heavy atom. The molecule has 0 fully saturated rings. The molecular weight excluding hydrogens is 458 g/mol. The fourth-order valence-electron chi connectivity index (χ4n) is 3.86. The van der Waals surface area contributed by atoms with E-state index in [1.54, 1.807) is 36.8 Å². The highest BCUT2D eigenvalue weighted by Gasteiger charge is 2.34. The summed E-state index contributed by atoms with van der Waals surface area (Å²) in [5, 5.41) is 4.43. The highest BCUT2D eigenvalue weighted by atomic mass is 32.2. The summed E-state index contributed by atoms with van der Waals surface area (Å²) in [5.41, 5.74) is 2.24. The largest absolute Gasteiger partial charge is 0.493 e. The lowest BCUT2D eigenvalue weighted by atomic mass is 9.90. The average molecular weight is 486 g/mol. The minimum atomic E-state index is -3.76. The molecule has 1 aliphatic rings. The Hall–Kier alpha value is -2.84. The van der Waals surface area contributed by atoms with Crippen molar-refractivity contribution in [1.82, 2.24) is 0 Å². The van der Waals surface area contributed by atoms with Crippen LogP contribution >= 0.6 is 11.3 Å². The Morgan fingerprint density at radius 3 is 2.58 bits per heavy atom. The number of hydrogen-bond acceptors (Lipinski definition) is 6. The van der Waals surface area contributed by atoms with Crippen LogP contribution in [0, 0.1) is 6.92 Å². The lowest BCUT2D eigenvalue weighted by Crippen LogP contribution is -2.23. The second-order valence-corrected chi connectivity index (χ2v) is 10.9. The van der Waals surface area contributed by atoms with Gasteiger partial charge in [-0.05, 0) is 43.2 Å². The summed E-state index contributed by atoms with van der Waals surface area (Å²) < 4.78 is 38.0. The molecule has 0 radical (unpaired) electrons. The second-order valence-electron chi connectivity index (χ2n) is 8.07. The van der Waals surface area contributed by atoms with Gasteiger partial charge in [0.1, 0.15) is 4.90 Å². The number of rotatable bonds is 8. The predicted molar refractivity (Wildman–Crippen MR) is 129 cm³/mol. The molecule has 174 valence electrons. The standard InChI is InChI=1S/C25H27NO5S2/c1-4-5-12-31-20-11-8-17(13-21(20)30-3)19-14-23(27)26-24-22(15-32-25(19)24)33(28,29)18-9-6-16(2)7-10-18/h6-11,13,15,19H,4-5,12,14H2,1-3H3,(H,26,27). The van der Waals surface area contributed by atoms with Crippen molar-refractivity contribution in [2.24, 2.45) is 0 Å². The summed E-state index contributed by atoms with van der Waals surface area (Å²) >= 11 is 1.35. The first-order valence-corrected chi connectivity index (χ1v) is 13.2. The third kappa shape index (κ3) is 4.63. The van der Waals surface area contributed by atoms with Gasteiger partial charge in [-0.25, -0.2) is 8.42 Å². The van der Waals surface area contributed by atoms with E-state index in [-0.39, 0.29) is 28.0 Å². The quantitative estimate of drug-likeness (QED) is 0.423. The van der Waals surface area contributed by atoms with Gasteiger partial charge in [-0.1, -0.05) is 37.1 Å². The fourth-order valence-corrected chi connectivity index (χ4v) is 6.77. The number of fused-ring (bicyclic) bond motifs is 1. The number of unbranched alkanes of at least 4 members (excludes halogenated alkanes) is 1. The maximum atomic E-state index is 13.3. The van der Waals surface area contributed by atoms with E-state index < -0.39 is 9.84 Å². The van der Waals surface area contributed by atoms with Crippen LogP contribution in [0.5, 0.6) is 11.5 Å². The number of carbonyl (C=O) groups is 1. The second kappa shape index (κ2) is 9.57. The number of nitrogens with one attached hydrogen (secondary N) is 1. The molecule has 3 aromatic rings. The van der Waals surface area contributed by atoms with Crippen molar-refractivity contribution < 1.29 is 22.7 Å². The van der Waals surface area contributed by atoms with Gasteiger partial charge < -0.3 is 14.8 Å². The highest BCUT2D eigenvalue weighted by Crippen LogP contribution is 2.47. The molecule has 33 heavy (non-hydrogen) atoms. The van der Waals surface area contributed by atoms with Gasteiger partial charge in [-0.3, -0.25) is 4.79 Å². The van der Waals surface area contributed by atoms with Gasteiger partial charge in [0.15, 0.2) is 11.5 Å². The van der Waals surface area contributed by atoms with Crippen molar-refractivity contribution in [3.63, 3.8) is 0 Å². The number of ether oxygens (including phenoxy) is 2. The van der Waals surface area contributed by atoms with E-state index in [0.717, 1.165) is 28.8 Å². The first-order valence-electron chi connectivity index (χ1n) is 10.9. The van der Waals surface area contributed by atoms with E-state index >= 15 is 0 Å². The maximum Gasteiger partial charge on any atom is 0.225 e. The first kappa shape index (κ1) is 23.3. The normalized spacial score (nSPS) is 15.6. The molecule has 1 amide bonds. The Morgan fingerprint density at radius 1 is 1.12 bits per heavy atom. The molecule has 1 N–H and O–H groups in total. The predicted octanol–water partition coefficient (Wildman–Crippen LogP) is 5.55. The summed E-state index contributed by atoms with van der Waals surface area (Å²) in [4.78, 5) is 13.8. The monoisotopic (exact) mass is 485 g/mol. The molecule has 0 aliphatic carbocycles. The lowest BCUT2D eigenvalue weighted by Gasteiger charge is -2.24. The van der Waals surface area contributed by atoms with Crippen LogP contribution in [0.15, 0.2) is 57.6 Å². The summed E-state index contributed by atoms with van der Waals surface area (Å²) in [6.07, 6.45) is 2.22. The van der Waals surface area contributed by atoms with E-state index in [0.29, 0.717) is 23.8 Å². The maximum absolute atomic E-state index is 13.3. The Labute approximate surface area is 198 Å². The van der Waals surface area contributed by atoms with Crippen LogP contribution in [0.25, 0.3) is 0 Å². The van der Waals surface area contributed by atoms with Gasteiger partial charge in [0.2, 0.25) is 15.7 Å². The number of hydrogen-bond donors (Lipinski definition) is 1. The van der Waals surface area contributed by atoms with Crippen molar-refractivity contribution in [3.8, 4) is 11.5 Å². The average Bonchev–Trinajstić information content (AvgIpc) is 3.23. The lowest BCUT2D eigenvalue weighted by molar-refractivity contribution is -0.116. The summed E-state index contributed by atoms with van der Waals surface area (Å²) in [5.74, 6) is 0.775. The molecular formula is C25H27NO5S2. The summed E-state index contributed by atoms with van der Waals surface area (Å²) in [6.45, 7) is 4.61. The molecule has 1 unspecified atom stereocenters. The zero-order chi connectivity index (χ0) is 23.6. The number of methoxy groups -OCH3 is 1. The first-order chi connectivity index (χ1) is 15.8. The van der Waals surface area contributed by atoms with E-state index in [1.165, 1.54) is 11.3 Å². The van der Waals surface area contributed by atoms with Crippen molar-refractivity contribution in [1.29, 1.82) is 0 Å². The van der Waals surface area contributed by atoms with E-state index in [9.17, 15) is 13.2 Å². The molecule has 1 aromatic heterocycles. The number of carbonyl (C=O) groups excluding carboxylic acids is 1. The van der Waals surface area contributed by atoms with Crippen LogP contribution in [0.2, 0.25) is 0 Å². The number of aryl methyl sites for hydroxylation is 1. The third-order valence-corrected chi connectivity index (χ3v) is 8.76. The van der Waals surface area contributed by atoms with E-state index in [4.69, 9.17) is 9.47 Å². The van der Waals surface area contributed by atoms with Crippen LogP contribution in [-0.2, 0) is 14.6 Å². The SMILES string of the molecule is CCCCOc1ccc(C2CC(=O)Nc3c(S(=O)(=O)c4ccc(C)cc4)csc32)cc1OC. The van der Waals surface area contributed by atoms with E-state index in [2.05, 4.69) is 12.2 Å². The molecule has 4 rings (SSSR count). The van der Waals surface area contributed by atoms with E-state index in [1.807, 2.05) is 25.1 Å². The van der Waals surface area contributed by atoms with Gasteiger partial charge in [-0.2, -0.15) is 0 Å². The van der Waals surface area contributed by atoms with Gasteiger partial charge in [0.05, 0.1) is 24.3 Å². The molecule has 2 heterocycles. The number of anilines is 1. The summed E-state index contributed by atoms with van der Waals surface area (Å²) in [6, 6.07) is 12.4. The van der Waals surface area contributed by atoms with Gasteiger partial charge in [-0.15, -0.1) is 11.3 Å². The molecule has 6 nitrogen and oxygen atoms in total. The molecule has 1 aliphatic heterocycles. The van der Waals surface area contributed by atoms with Crippen LogP contribution in [0.1, 0.15) is 48.1 Å². The smallest absolute Gasteiger partial charge is 0.225 e. The van der Waals surface area contributed by atoms with Crippen LogP contribution in [-0.4, -0.2) is 28.0 Å². The van der Waals surface area contributed by atoms with Crippen LogP contribution in [0.3, 0.4) is 0 Å². The molecule has 0 bridgehead atoms. The summed E-state index contributed by atoms with van der Waals surface area (Å²) in [7, 11) is -2.18. The minimum Gasteiger partial charge on any atom is -0.493 e. The number of amides is 1. The third-order valence-electron chi connectivity index (χ3n) is 5.72. The molecule has 8 heteroatoms. The van der Waals surface area contributed by atoms with Crippen molar-refractivity contribution in [3.05, 3.63) is 63.8 Å². The highest BCUT2D eigenvalue weighted by molar-refractivity contribution is 7.91. The minimum absolute atomic E-state index is 0.135. The molecule has 0 saturated carbocycles. The van der Waals surface area contributed by atoms with Crippen molar-refractivity contribution in [2.45, 2.75) is 48.8 Å². The number of benzene rings is 2. The molecule has 0 spiro atoms. The zero-order valence-electron chi connectivity index (χ0n) is 18.9. The van der Waals surface area contributed by atoms with Gasteiger partial charge in [0, 0.05) is 22.6 Å². The van der Waals surface area contributed by atoms with Crippen molar-refractivity contribution in [2.75, 3.05) is 19.0 Å².